The molecule has 1 amide bonds. The van der Waals surface area contributed by atoms with Crippen molar-refractivity contribution in [3.05, 3.63) is 66.7 Å². The molecular formula is C30H32N4O6. The average molecular weight is 545 g/mol. The van der Waals surface area contributed by atoms with Crippen molar-refractivity contribution < 1.29 is 28.5 Å². The number of carbonyl (C=O) groups excluding carboxylic acids is 1. The molecular weight excluding hydrogens is 512 g/mol. The van der Waals surface area contributed by atoms with Crippen LogP contribution in [0.2, 0.25) is 0 Å². The van der Waals surface area contributed by atoms with Crippen LogP contribution in [0.15, 0.2) is 71.1 Å². The number of amides is 1. The Morgan fingerprint density at radius 1 is 0.975 bits per heavy atom. The number of para-hydroxylation sites is 1. The van der Waals surface area contributed by atoms with E-state index in [9.17, 15) is 9.90 Å². The molecule has 0 aliphatic carbocycles. The molecule has 2 aliphatic heterocycles. The Labute approximate surface area is 232 Å². The Balaban J connectivity index is 0.939. The Kier molecular flexibility index (Phi) is 7.80. The van der Waals surface area contributed by atoms with E-state index in [0.29, 0.717) is 66.2 Å². The number of piperazine rings is 1. The molecule has 6 rings (SSSR count). The van der Waals surface area contributed by atoms with E-state index in [1.165, 1.54) is 0 Å². The molecule has 0 spiro atoms. The number of nitrogens with one attached hydrogen (secondary N) is 1. The number of nitrogens with zero attached hydrogens (tertiary/aromatic N) is 3. The zero-order valence-electron chi connectivity index (χ0n) is 22.1. The van der Waals surface area contributed by atoms with Gasteiger partial charge in [0.25, 0.3) is 0 Å². The highest BCUT2D eigenvalue weighted by atomic mass is 16.6. The number of hydrogen-bond donors (Lipinski definition) is 2. The first kappa shape index (κ1) is 26.1. The Morgan fingerprint density at radius 2 is 1.77 bits per heavy atom. The predicted molar refractivity (Wildman–Crippen MR) is 150 cm³/mol. The minimum atomic E-state index is -0.644. The number of anilines is 1. The molecule has 208 valence electrons. The maximum atomic E-state index is 12.7. The molecule has 2 aliphatic rings. The highest BCUT2D eigenvalue weighted by Gasteiger charge is 2.23. The van der Waals surface area contributed by atoms with Gasteiger partial charge < -0.3 is 29.1 Å². The number of hydrogen-bond acceptors (Lipinski definition) is 9. The van der Waals surface area contributed by atoms with Gasteiger partial charge in [0, 0.05) is 44.4 Å². The Hall–Kier alpha value is -4.12. The van der Waals surface area contributed by atoms with E-state index < -0.39 is 6.10 Å². The lowest BCUT2D eigenvalue weighted by Gasteiger charge is -2.35. The molecule has 10 heteroatoms. The predicted octanol–water partition coefficient (Wildman–Crippen LogP) is 3.26. The summed E-state index contributed by atoms with van der Waals surface area (Å²) in [5.41, 5.74) is 2.93. The molecule has 40 heavy (non-hydrogen) atoms. The van der Waals surface area contributed by atoms with Crippen LogP contribution >= 0.6 is 0 Å². The van der Waals surface area contributed by atoms with Crippen LogP contribution in [0.25, 0.3) is 22.6 Å². The van der Waals surface area contributed by atoms with Crippen molar-refractivity contribution in [2.24, 2.45) is 0 Å². The molecule has 2 N–H and O–H groups in total. The summed E-state index contributed by atoms with van der Waals surface area (Å²) < 4.78 is 23.0. The second-order valence-electron chi connectivity index (χ2n) is 9.93. The number of fused-ring (bicyclic) bond motifs is 2. The van der Waals surface area contributed by atoms with Crippen molar-refractivity contribution in [2.75, 3.05) is 64.4 Å². The zero-order chi connectivity index (χ0) is 27.3. The molecule has 0 radical (unpaired) electrons. The maximum absolute atomic E-state index is 12.7. The number of aliphatic hydroxyl groups is 1. The molecule has 0 unspecified atom stereocenters. The summed E-state index contributed by atoms with van der Waals surface area (Å²) in [5, 5.41) is 13.5. The molecule has 1 aromatic heterocycles. The third kappa shape index (κ3) is 6.20. The first-order valence-electron chi connectivity index (χ1n) is 13.5. The van der Waals surface area contributed by atoms with Crippen LogP contribution in [0.1, 0.15) is 0 Å². The third-order valence-corrected chi connectivity index (χ3v) is 6.96. The second-order valence-corrected chi connectivity index (χ2v) is 9.93. The largest absolute Gasteiger partial charge is 0.491 e. The minimum Gasteiger partial charge on any atom is -0.491 e. The van der Waals surface area contributed by atoms with Crippen LogP contribution in [0.3, 0.4) is 0 Å². The van der Waals surface area contributed by atoms with E-state index in [4.69, 9.17) is 18.6 Å². The maximum Gasteiger partial charge on any atom is 0.238 e. The molecule has 10 nitrogen and oxygen atoms in total. The number of aromatic nitrogens is 1. The van der Waals surface area contributed by atoms with Crippen molar-refractivity contribution in [3.8, 4) is 28.7 Å². The standard InChI is InChI=1S/C30H32N4O6/c35-22(20-39-23-9-10-26-25(17-23)32-30(40-26)21-5-2-1-3-6-21)18-33-11-13-34(14-12-33)19-28(36)31-24-7-4-8-27-29(24)38-16-15-37-27/h1-10,17,22,35H,11-16,18-20H2,(H,31,36)/t22-/m1/s1. The van der Waals surface area contributed by atoms with Gasteiger partial charge in [0.15, 0.2) is 17.1 Å². The second kappa shape index (κ2) is 12.0. The quantitative estimate of drug-likeness (QED) is 0.328. The van der Waals surface area contributed by atoms with Gasteiger partial charge in [-0.25, -0.2) is 4.98 Å². The number of β-amino-alcohol motifs (C(OH)–C–C–N with tert-alkyl or cyclic N) is 1. The van der Waals surface area contributed by atoms with E-state index in [1.54, 1.807) is 0 Å². The first-order chi connectivity index (χ1) is 19.6. The molecule has 1 atom stereocenters. The number of benzene rings is 3. The van der Waals surface area contributed by atoms with Gasteiger partial charge in [0.05, 0.1) is 12.2 Å². The fourth-order valence-corrected chi connectivity index (χ4v) is 4.94. The van der Waals surface area contributed by atoms with Gasteiger partial charge in [-0.2, -0.15) is 0 Å². The number of rotatable bonds is 9. The summed E-state index contributed by atoms with van der Waals surface area (Å²) in [5.74, 6) is 2.33. The lowest BCUT2D eigenvalue weighted by atomic mass is 10.2. The van der Waals surface area contributed by atoms with E-state index in [0.717, 1.165) is 31.7 Å². The summed E-state index contributed by atoms with van der Waals surface area (Å²) in [4.78, 5) is 21.5. The summed E-state index contributed by atoms with van der Waals surface area (Å²) in [7, 11) is 0. The van der Waals surface area contributed by atoms with Crippen molar-refractivity contribution in [1.82, 2.24) is 14.8 Å². The van der Waals surface area contributed by atoms with Gasteiger partial charge in [-0.05, 0) is 36.4 Å². The topological polar surface area (TPSA) is 110 Å². The molecule has 0 bridgehead atoms. The molecule has 3 heterocycles. The minimum absolute atomic E-state index is 0.0931. The summed E-state index contributed by atoms with van der Waals surface area (Å²) in [6.45, 7) is 4.92. The highest BCUT2D eigenvalue weighted by Crippen LogP contribution is 2.37. The smallest absolute Gasteiger partial charge is 0.238 e. The molecule has 1 saturated heterocycles. The SMILES string of the molecule is O=C(CN1CCN(C[C@@H](O)COc2ccc3oc(-c4ccccc4)nc3c2)CC1)Nc1cccc2c1OCCO2. The van der Waals surface area contributed by atoms with Gasteiger partial charge in [0.2, 0.25) is 11.8 Å². The summed E-state index contributed by atoms with van der Waals surface area (Å²) >= 11 is 0. The van der Waals surface area contributed by atoms with Crippen molar-refractivity contribution in [3.63, 3.8) is 0 Å². The van der Waals surface area contributed by atoms with E-state index in [1.807, 2.05) is 66.7 Å². The van der Waals surface area contributed by atoms with Crippen LogP contribution in [-0.4, -0.2) is 91.0 Å². The van der Waals surface area contributed by atoms with Crippen LogP contribution in [0.4, 0.5) is 5.69 Å². The van der Waals surface area contributed by atoms with Gasteiger partial charge in [-0.1, -0.05) is 24.3 Å². The van der Waals surface area contributed by atoms with Gasteiger partial charge in [0.1, 0.15) is 37.2 Å². The Bertz CT molecular complexity index is 1450. The van der Waals surface area contributed by atoms with Gasteiger partial charge in [-0.3, -0.25) is 14.6 Å². The monoisotopic (exact) mass is 544 g/mol. The molecule has 1 fully saturated rings. The third-order valence-electron chi connectivity index (χ3n) is 6.96. The summed E-state index contributed by atoms with van der Waals surface area (Å²) in [6.07, 6.45) is -0.644. The van der Waals surface area contributed by atoms with Crippen LogP contribution < -0.4 is 19.5 Å². The number of oxazole rings is 1. The number of carbonyl (C=O) groups is 1. The van der Waals surface area contributed by atoms with Gasteiger partial charge >= 0.3 is 0 Å². The fraction of sp³-hybridized carbons (Fsp3) is 0.333. The number of aliphatic hydroxyl groups excluding tert-OH is 1. The van der Waals surface area contributed by atoms with Gasteiger partial charge in [-0.15, -0.1) is 0 Å². The van der Waals surface area contributed by atoms with E-state index in [-0.39, 0.29) is 12.5 Å². The number of ether oxygens (including phenoxy) is 3. The van der Waals surface area contributed by atoms with Crippen LogP contribution in [0, 0.1) is 0 Å². The highest BCUT2D eigenvalue weighted by molar-refractivity contribution is 5.94. The normalized spacial score (nSPS) is 16.5. The molecule has 3 aromatic carbocycles. The van der Waals surface area contributed by atoms with Crippen molar-refractivity contribution in [1.29, 1.82) is 0 Å². The average Bonchev–Trinajstić information content (AvgIpc) is 3.41. The Morgan fingerprint density at radius 3 is 2.62 bits per heavy atom. The van der Waals surface area contributed by atoms with E-state index in [2.05, 4.69) is 20.1 Å². The zero-order valence-corrected chi connectivity index (χ0v) is 22.1. The van der Waals surface area contributed by atoms with E-state index >= 15 is 0 Å². The summed E-state index contributed by atoms with van der Waals surface area (Å²) in [6, 6.07) is 20.7. The first-order valence-corrected chi connectivity index (χ1v) is 13.5. The van der Waals surface area contributed by atoms with Crippen molar-refractivity contribution in [2.45, 2.75) is 6.10 Å². The lowest BCUT2D eigenvalue weighted by Crippen LogP contribution is -2.50. The lowest BCUT2D eigenvalue weighted by molar-refractivity contribution is -0.117. The fourth-order valence-electron chi connectivity index (χ4n) is 4.94. The van der Waals surface area contributed by atoms with Crippen LogP contribution in [-0.2, 0) is 4.79 Å². The molecule has 0 saturated carbocycles. The molecule has 4 aromatic rings. The van der Waals surface area contributed by atoms with Crippen LogP contribution in [0.5, 0.6) is 17.2 Å². The van der Waals surface area contributed by atoms with Crippen molar-refractivity contribution >= 4 is 22.7 Å².